The fraction of sp³-hybridized carbons (Fsp3) is 0.571. The van der Waals surface area contributed by atoms with Crippen molar-refractivity contribution in [2.75, 3.05) is 30.8 Å². The van der Waals surface area contributed by atoms with Crippen LogP contribution in [0.2, 0.25) is 0 Å². The molecular weight excluding hydrogens is 310 g/mol. The summed E-state index contributed by atoms with van der Waals surface area (Å²) >= 11 is 1.66. The normalized spacial score (nSPS) is 15.3. The molecule has 1 aromatic heterocycles. The summed E-state index contributed by atoms with van der Waals surface area (Å²) in [5.41, 5.74) is 1.11. The van der Waals surface area contributed by atoms with E-state index in [1.807, 2.05) is 12.1 Å². The molecule has 0 saturated carbocycles. The van der Waals surface area contributed by atoms with Crippen LogP contribution in [0.1, 0.15) is 18.4 Å². The second kappa shape index (κ2) is 10.00. The lowest BCUT2D eigenvalue weighted by molar-refractivity contribution is -0.120. The van der Waals surface area contributed by atoms with Gasteiger partial charge in [-0.25, -0.2) is 4.98 Å². The van der Waals surface area contributed by atoms with Gasteiger partial charge >= 0.3 is 0 Å². The largest absolute Gasteiger partial charge is 0.396 e. The summed E-state index contributed by atoms with van der Waals surface area (Å²) in [7, 11) is 0. The van der Waals surface area contributed by atoms with Crippen LogP contribution in [0.3, 0.4) is 0 Å². The molecule has 1 saturated heterocycles. The Balaban J connectivity index is 0.00000220. The molecule has 1 aliphatic heterocycles. The van der Waals surface area contributed by atoms with Gasteiger partial charge in [-0.1, -0.05) is 0 Å². The van der Waals surface area contributed by atoms with Gasteiger partial charge in [-0.2, -0.15) is 11.8 Å². The van der Waals surface area contributed by atoms with Crippen molar-refractivity contribution >= 4 is 35.9 Å². The van der Waals surface area contributed by atoms with Crippen LogP contribution in [0.25, 0.3) is 0 Å². The fourth-order valence-corrected chi connectivity index (χ4v) is 2.89. The molecule has 0 spiro atoms. The lowest BCUT2D eigenvalue weighted by atomic mass is 9.97. The van der Waals surface area contributed by atoms with Gasteiger partial charge in [-0.3, -0.25) is 4.79 Å². The van der Waals surface area contributed by atoms with Crippen molar-refractivity contribution in [1.29, 1.82) is 0 Å². The highest BCUT2D eigenvalue weighted by molar-refractivity contribution is 7.98. The molecule has 1 amide bonds. The van der Waals surface area contributed by atoms with Crippen LogP contribution in [-0.2, 0) is 10.5 Å². The van der Waals surface area contributed by atoms with Gasteiger partial charge in [0.05, 0.1) is 6.61 Å². The Labute approximate surface area is 135 Å². The molecule has 0 aromatic carbocycles. The Morgan fingerprint density at radius 2 is 2.24 bits per heavy atom. The van der Waals surface area contributed by atoms with E-state index >= 15 is 0 Å². The molecule has 1 aliphatic rings. The highest BCUT2D eigenvalue weighted by Crippen LogP contribution is 2.17. The summed E-state index contributed by atoms with van der Waals surface area (Å²) in [6.45, 7) is 2.00. The number of thioether (sulfide) groups is 1. The van der Waals surface area contributed by atoms with Crippen LogP contribution in [0, 0.1) is 5.92 Å². The minimum Gasteiger partial charge on any atom is -0.396 e. The molecule has 2 rings (SSSR count). The number of aliphatic hydroxyl groups excluding tert-OH is 1. The summed E-state index contributed by atoms with van der Waals surface area (Å²) in [6, 6.07) is 3.84. The van der Waals surface area contributed by atoms with Gasteiger partial charge in [0.1, 0.15) is 5.82 Å². The van der Waals surface area contributed by atoms with E-state index in [2.05, 4.69) is 15.6 Å². The maximum Gasteiger partial charge on any atom is 0.228 e. The summed E-state index contributed by atoms with van der Waals surface area (Å²) in [4.78, 5) is 16.3. The van der Waals surface area contributed by atoms with Gasteiger partial charge in [0.2, 0.25) is 5.91 Å². The van der Waals surface area contributed by atoms with E-state index in [-0.39, 0.29) is 30.8 Å². The van der Waals surface area contributed by atoms with Crippen molar-refractivity contribution in [2.24, 2.45) is 5.92 Å². The van der Waals surface area contributed by atoms with E-state index in [4.69, 9.17) is 5.11 Å². The molecule has 0 bridgehead atoms. The predicted molar refractivity (Wildman–Crippen MR) is 89.0 cm³/mol. The fourth-order valence-electron chi connectivity index (χ4n) is 2.20. The molecule has 0 aliphatic carbocycles. The van der Waals surface area contributed by atoms with Gasteiger partial charge < -0.3 is 15.7 Å². The maximum atomic E-state index is 12.1. The minimum atomic E-state index is 0. The van der Waals surface area contributed by atoms with Crippen LogP contribution < -0.4 is 10.6 Å². The first-order valence-electron chi connectivity index (χ1n) is 6.94. The topological polar surface area (TPSA) is 74.2 Å². The second-order valence-corrected chi connectivity index (χ2v) is 5.94. The molecule has 3 N–H and O–H groups in total. The molecule has 1 aromatic rings. The quantitative estimate of drug-likeness (QED) is 0.691. The number of aliphatic hydroxyl groups is 1. The summed E-state index contributed by atoms with van der Waals surface area (Å²) < 4.78 is 0. The zero-order valence-corrected chi connectivity index (χ0v) is 13.5. The first-order chi connectivity index (χ1) is 9.79. The summed E-state index contributed by atoms with van der Waals surface area (Å²) in [6.07, 6.45) is 3.49. The number of halogens is 1. The van der Waals surface area contributed by atoms with Crippen LogP contribution >= 0.6 is 24.2 Å². The third kappa shape index (κ3) is 6.22. The van der Waals surface area contributed by atoms with Crippen molar-refractivity contribution in [1.82, 2.24) is 10.3 Å². The van der Waals surface area contributed by atoms with Crippen molar-refractivity contribution < 1.29 is 9.90 Å². The first kappa shape index (κ1) is 18.2. The third-order valence-corrected chi connectivity index (χ3v) is 4.30. The minimum absolute atomic E-state index is 0. The van der Waals surface area contributed by atoms with Gasteiger partial charge in [-0.15, -0.1) is 12.4 Å². The van der Waals surface area contributed by atoms with Crippen molar-refractivity contribution in [2.45, 2.75) is 18.6 Å². The van der Waals surface area contributed by atoms with Crippen LogP contribution in [0.4, 0.5) is 5.82 Å². The average molecular weight is 332 g/mol. The third-order valence-electron chi connectivity index (χ3n) is 3.29. The number of piperidine rings is 1. The molecule has 0 radical (unpaired) electrons. The van der Waals surface area contributed by atoms with E-state index in [1.54, 1.807) is 18.0 Å². The molecule has 0 atom stereocenters. The van der Waals surface area contributed by atoms with Gasteiger partial charge in [0.15, 0.2) is 0 Å². The molecule has 0 unspecified atom stereocenters. The van der Waals surface area contributed by atoms with Crippen LogP contribution in [-0.4, -0.2) is 41.4 Å². The predicted octanol–water partition coefficient (Wildman–Crippen LogP) is 1.67. The van der Waals surface area contributed by atoms with E-state index in [0.29, 0.717) is 5.82 Å². The molecule has 118 valence electrons. The van der Waals surface area contributed by atoms with Crippen molar-refractivity contribution in [3.8, 4) is 0 Å². The number of anilines is 1. The Bertz CT molecular complexity index is 442. The van der Waals surface area contributed by atoms with E-state index in [9.17, 15) is 4.79 Å². The zero-order chi connectivity index (χ0) is 14.2. The number of carbonyl (C=O) groups is 1. The second-order valence-electron chi connectivity index (χ2n) is 4.84. The van der Waals surface area contributed by atoms with Crippen LogP contribution in [0.15, 0.2) is 18.3 Å². The number of hydrogen-bond acceptors (Lipinski definition) is 5. The maximum absolute atomic E-state index is 12.1. The van der Waals surface area contributed by atoms with Gasteiger partial charge in [0, 0.05) is 23.6 Å². The number of hydrogen-bond donors (Lipinski definition) is 3. The van der Waals surface area contributed by atoms with Crippen molar-refractivity contribution in [3.63, 3.8) is 0 Å². The monoisotopic (exact) mass is 331 g/mol. The Kier molecular flexibility index (Phi) is 8.68. The molecule has 7 heteroatoms. The van der Waals surface area contributed by atoms with E-state index in [1.165, 1.54) is 0 Å². The number of rotatable bonds is 6. The lowest BCUT2D eigenvalue weighted by Gasteiger charge is -2.21. The molecule has 5 nitrogen and oxygen atoms in total. The van der Waals surface area contributed by atoms with Crippen LogP contribution in [0.5, 0.6) is 0 Å². The standard InChI is InChI=1S/C14H21N3O2S.ClH/c18-7-8-20-10-11-1-6-16-13(9-11)17-14(19)12-2-4-15-5-3-12;/h1,6,9,12,15,18H,2-5,7-8,10H2,(H,16,17,19);1H. The molecule has 2 heterocycles. The average Bonchev–Trinajstić information content (AvgIpc) is 2.49. The summed E-state index contributed by atoms with van der Waals surface area (Å²) in [5, 5.41) is 14.9. The Morgan fingerprint density at radius 3 is 2.95 bits per heavy atom. The van der Waals surface area contributed by atoms with Gasteiger partial charge in [-0.05, 0) is 43.6 Å². The zero-order valence-electron chi connectivity index (χ0n) is 11.9. The van der Waals surface area contributed by atoms with E-state index < -0.39 is 0 Å². The number of amides is 1. The van der Waals surface area contributed by atoms with Crippen molar-refractivity contribution in [3.05, 3.63) is 23.9 Å². The van der Waals surface area contributed by atoms with Gasteiger partial charge in [0.25, 0.3) is 0 Å². The number of nitrogens with zero attached hydrogens (tertiary/aromatic N) is 1. The smallest absolute Gasteiger partial charge is 0.228 e. The number of nitrogens with one attached hydrogen (secondary N) is 2. The first-order valence-corrected chi connectivity index (χ1v) is 8.10. The Hall–Kier alpha value is -0.820. The number of pyridine rings is 1. The lowest BCUT2D eigenvalue weighted by Crippen LogP contribution is -2.34. The summed E-state index contributed by atoms with van der Waals surface area (Å²) in [5.74, 6) is 2.32. The molecular formula is C14H22ClN3O2S. The SMILES string of the molecule is Cl.O=C(Nc1cc(CSCCO)ccn1)C1CCNCC1. The highest BCUT2D eigenvalue weighted by atomic mass is 35.5. The highest BCUT2D eigenvalue weighted by Gasteiger charge is 2.21. The van der Waals surface area contributed by atoms with E-state index in [0.717, 1.165) is 43.0 Å². The Morgan fingerprint density at radius 1 is 1.48 bits per heavy atom. The molecule has 21 heavy (non-hydrogen) atoms. The number of carbonyl (C=O) groups excluding carboxylic acids is 1. The number of aromatic nitrogens is 1. The molecule has 1 fully saturated rings.